The molecule has 6 heteroatoms. The maximum absolute atomic E-state index is 5.45. The van der Waals surface area contributed by atoms with Crippen LogP contribution in [0.4, 0.5) is 5.95 Å². The maximum Gasteiger partial charge on any atom is 0.383 e. The highest BCUT2D eigenvalue weighted by molar-refractivity contribution is 5.68. The Morgan fingerprint density at radius 3 is 3.21 bits per heavy atom. The molecule has 1 atom stereocenters. The van der Waals surface area contributed by atoms with Gasteiger partial charge in [0.2, 0.25) is 0 Å². The highest BCUT2D eigenvalue weighted by Gasteiger charge is 2.21. The summed E-state index contributed by atoms with van der Waals surface area (Å²) >= 11 is 0. The Labute approximate surface area is 81.1 Å². The first-order valence-electron chi connectivity index (χ1n) is 4.32. The van der Waals surface area contributed by atoms with E-state index in [0.717, 1.165) is 5.69 Å². The van der Waals surface area contributed by atoms with Gasteiger partial charge in [0, 0.05) is 12.1 Å². The van der Waals surface area contributed by atoms with Crippen molar-refractivity contribution < 1.29 is 9.47 Å². The van der Waals surface area contributed by atoms with Crippen molar-refractivity contribution in [3.05, 3.63) is 11.9 Å². The Morgan fingerprint density at radius 1 is 1.79 bits per heavy atom. The van der Waals surface area contributed by atoms with Gasteiger partial charge in [-0.1, -0.05) is 0 Å². The van der Waals surface area contributed by atoms with E-state index >= 15 is 0 Å². The summed E-state index contributed by atoms with van der Waals surface area (Å²) in [6.45, 7) is 0.613. The summed E-state index contributed by atoms with van der Waals surface area (Å²) in [5.41, 5.74) is 6.39. The average Bonchev–Trinajstić information content (AvgIpc) is 2.76. The van der Waals surface area contributed by atoms with E-state index in [1.165, 1.54) is 7.11 Å². The molecule has 0 bridgehead atoms. The van der Waals surface area contributed by atoms with E-state index in [0.29, 0.717) is 25.0 Å². The maximum atomic E-state index is 5.45. The SMILES string of the molecule is COC1=NCC(Cc2cnc(N)[nH]2)O1. The number of nitrogens with zero attached hydrogens (tertiary/aromatic N) is 2. The van der Waals surface area contributed by atoms with Crippen molar-refractivity contribution in [2.24, 2.45) is 4.99 Å². The molecule has 0 amide bonds. The molecule has 1 aromatic rings. The standard InChI is InChI=1S/C8H12N4O2/c1-13-8-11-4-6(14-8)2-5-3-10-7(9)12-5/h3,6H,2,4H2,1H3,(H3,9,10,12). The lowest BCUT2D eigenvalue weighted by molar-refractivity contribution is 0.158. The van der Waals surface area contributed by atoms with Crippen LogP contribution in [0.1, 0.15) is 5.69 Å². The van der Waals surface area contributed by atoms with Gasteiger partial charge >= 0.3 is 6.08 Å². The van der Waals surface area contributed by atoms with Gasteiger partial charge in [-0.25, -0.2) is 9.98 Å². The number of imidazole rings is 1. The van der Waals surface area contributed by atoms with Gasteiger partial charge in [0.25, 0.3) is 0 Å². The smallest absolute Gasteiger partial charge is 0.383 e. The second kappa shape index (κ2) is 3.57. The minimum absolute atomic E-state index is 0.0183. The van der Waals surface area contributed by atoms with E-state index in [4.69, 9.17) is 15.2 Å². The fourth-order valence-electron chi connectivity index (χ4n) is 1.34. The van der Waals surface area contributed by atoms with Crippen LogP contribution in [0.15, 0.2) is 11.2 Å². The summed E-state index contributed by atoms with van der Waals surface area (Å²) in [5, 5.41) is 0. The third-order valence-electron chi connectivity index (χ3n) is 1.96. The molecule has 0 aromatic carbocycles. The van der Waals surface area contributed by atoms with Crippen LogP contribution in [-0.2, 0) is 15.9 Å². The Kier molecular flexibility index (Phi) is 2.26. The lowest BCUT2D eigenvalue weighted by Gasteiger charge is -2.08. The number of anilines is 1. The summed E-state index contributed by atoms with van der Waals surface area (Å²) in [7, 11) is 1.54. The molecule has 6 nitrogen and oxygen atoms in total. The molecule has 0 saturated heterocycles. The molecule has 0 aliphatic carbocycles. The van der Waals surface area contributed by atoms with Gasteiger partial charge in [-0.2, -0.15) is 0 Å². The zero-order valence-electron chi connectivity index (χ0n) is 7.86. The van der Waals surface area contributed by atoms with Crippen molar-refractivity contribution in [3.63, 3.8) is 0 Å². The minimum Gasteiger partial charge on any atom is -0.454 e. The molecule has 1 aliphatic heterocycles. The van der Waals surface area contributed by atoms with E-state index in [9.17, 15) is 0 Å². The number of hydrogen-bond acceptors (Lipinski definition) is 5. The van der Waals surface area contributed by atoms with Crippen LogP contribution >= 0.6 is 0 Å². The number of H-pyrrole nitrogens is 1. The molecule has 0 spiro atoms. The van der Waals surface area contributed by atoms with Crippen molar-refractivity contribution >= 4 is 12.0 Å². The lowest BCUT2D eigenvalue weighted by atomic mass is 10.2. The van der Waals surface area contributed by atoms with Crippen molar-refractivity contribution in [2.45, 2.75) is 12.5 Å². The third kappa shape index (κ3) is 1.78. The van der Waals surface area contributed by atoms with E-state index in [-0.39, 0.29) is 6.10 Å². The van der Waals surface area contributed by atoms with Crippen LogP contribution in [0, 0.1) is 0 Å². The van der Waals surface area contributed by atoms with Crippen LogP contribution in [0.3, 0.4) is 0 Å². The molecule has 0 fully saturated rings. The fraction of sp³-hybridized carbons (Fsp3) is 0.500. The molecular formula is C8H12N4O2. The lowest BCUT2D eigenvalue weighted by Crippen LogP contribution is -2.17. The Morgan fingerprint density at radius 2 is 2.64 bits per heavy atom. The number of ether oxygens (including phenoxy) is 2. The Bertz CT molecular complexity index is 347. The number of aromatic nitrogens is 2. The molecule has 1 aromatic heterocycles. The molecule has 2 rings (SSSR count). The number of aliphatic imine (C=N–C) groups is 1. The Hall–Kier alpha value is -1.72. The molecule has 1 unspecified atom stereocenters. The molecule has 2 heterocycles. The average molecular weight is 196 g/mol. The van der Waals surface area contributed by atoms with Crippen LogP contribution in [0.5, 0.6) is 0 Å². The number of rotatable bonds is 2. The van der Waals surface area contributed by atoms with Gasteiger partial charge in [-0.3, -0.25) is 0 Å². The molecule has 14 heavy (non-hydrogen) atoms. The van der Waals surface area contributed by atoms with Crippen molar-refractivity contribution in [1.82, 2.24) is 9.97 Å². The number of nitrogens with two attached hydrogens (primary N) is 1. The Balaban J connectivity index is 1.89. The van der Waals surface area contributed by atoms with E-state index in [1.807, 2.05) is 0 Å². The quantitative estimate of drug-likeness (QED) is 0.693. The van der Waals surface area contributed by atoms with Gasteiger partial charge in [-0.05, 0) is 0 Å². The number of nitrogens with one attached hydrogen (secondary N) is 1. The van der Waals surface area contributed by atoms with Crippen molar-refractivity contribution in [3.8, 4) is 0 Å². The third-order valence-corrected chi connectivity index (χ3v) is 1.96. The van der Waals surface area contributed by atoms with Crippen LogP contribution in [0.2, 0.25) is 0 Å². The van der Waals surface area contributed by atoms with E-state index in [2.05, 4.69) is 15.0 Å². The molecule has 0 saturated carbocycles. The molecule has 1 aliphatic rings. The molecule has 3 N–H and O–H groups in total. The first-order valence-corrected chi connectivity index (χ1v) is 4.32. The number of hydrogen-bond donors (Lipinski definition) is 2. The number of methoxy groups -OCH3 is 1. The molecule has 76 valence electrons. The first kappa shape index (κ1) is 8.86. The van der Waals surface area contributed by atoms with E-state index in [1.54, 1.807) is 6.20 Å². The van der Waals surface area contributed by atoms with Gasteiger partial charge in [0.15, 0.2) is 5.95 Å². The highest BCUT2D eigenvalue weighted by atomic mass is 16.7. The number of aromatic amines is 1. The van der Waals surface area contributed by atoms with Crippen LogP contribution in [0.25, 0.3) is 0 Å². The predicted molar refractivity (Wildman–Crippen MR) is 50.9 cm³/mol. The second-order valence-corrected chi connectivity index (χ2v) is 3.05. The summed E-state index contributed by atoms with van der Waals surface area (Å²) in [4.78, 5) is 10.9. The zero-order chi connectivity index (χ0) is 9.97. The van der Waals surface area contributed by atoms with Gasteiger partial charge < -0.3 is 20.2 Å². The molecule has 0 radical (unpaired) electrons. The topological polar surface area (TPSA) is 85.5 Å². The van der Waals surface area contributed by atoms with Crippen LogP contribution in [-0.4, -0.2) is 35.8 Å². The fourth-order valence-corrected chi connectivity index (χ4v) is 1.34. The van der Waals surface area contributed by atoms with Crippen molar-refractivity contribution in [2.75, 3.05) is 19.4 Å². The minimum atomic E-state index is 0.0183. The summed E-state index contributed by atoms with van der Waals surface area (Å²) < 4.78 is 10.2. The number of nitrogen functional groups attached to an aromatic ring is 1. The predicted octanol–water partition coefficient (Wildman–Crippen LogP) is -0.0644. The normalized spacial score (nSPS) is 20.4. The largest absolute Gasteiger partial charge is 0.454 e. The summed E-state index contributed by atoms with van der Waals surface area (Å²) in [5.74, 6) is 0.422. The van der Waals surface area contributed by atoms with Gasteiger partial charge in [-0.15, -0.1) is 0 Å². The van der Waals surface area contributed by atoms with Gasteiger partial charge in [0.05, 0.1) is 19.9 Å². The van der Waals surface area contributed by atoms with Gasteiger partial charge in [0.1, 0.15) is 6.10 Å². The monoisotopic (exact) mass is 196 g/mol. The second-order valence-electron chi connectivity index (χ2n) is 3.05. The summed E-state index contributed by atoms with van der Waals surface area (Å²) in [6.07, 6.45) is 2.77. The summed E-state index contributed by atoms with van der Waals surface area (Å²) in [6, 6.07) is 0. The highest BCUT2D eigenvalue weighted by Crippen LogP contribution is 2.11. The van der Waals surface area contributed by atoms with Crippen LogP contribution < -0.4 is 5.73 Å². The molecular weight excluding hydrogens is 184 g/mol. The zero-order valence-corrected chi connectivity index (χ0v) is 7.86. The van der Waals surface area contributed by atoms with Crippen molar-refractivity contribution in [1.29, 1.82) is 0 Å². The first-order chi connectivity index (χ1) is 6.78. The van der Waals surface area contributed by atoms with E-state index < -0.39 is 0 Å².